The highest BCUT2D eigenvalue weighted by Gasteiger charge is 2.50. The molecule has 2 amide bonds. The Labute approximate surface area is 382 Å². The molecule has 1 aliphatic heterocycles. The van der Waals surface area contributed by atoms with Gasteiger partial charge in [-0.1, -0.05) is 110 Å². The number of fused-ring (bicyclic) bond motifs is 1. The number of imidazole rings is 1. The Bertz CT molecular complexity index is 1980. The normalized spacial score (nSPS) is 20.8. The second-order valence-electron chi connectivity index (χ2n) is 16.5. The number of carbonyl (C=O) groups excluding carboxylic acids is 3. The van der Waals surface area contributed by atoms with Crippen molar-refractivity contribution in [1.82, 2.24) is 30.2 Å². The van der Waals surface area contributed by atoms with E-state index in [0.717, 1.165) is 48.2 Å². The van der Waals surface area contributed by atoms with Crippen molar-refractivity contribution in [3.05, 3.63) is 12.7 Å². The minimum atomic E-state index is -5.57. The molecule has 0 saturated carbocycles. The van der Waals surface area contributed by atoms with Crippen LogP contribution in [-0.2, 0) is 50.7 Å². The van der Waals surface area contributed by atoms with Crippen LogP contribution in [0.25, 0.3) is 11.2 Å². The Morgan fingerprint density at radius 2 is 1.54 bits per heavy atom. The molecular weight excluding hydrogens is 939 g/mol. The molecule has 8 atom stereocenters. The van der Waals surface area contributed by atoms with Crippen molar-refractivity contribution in [2.24, 2.45) is 11.3 Å². The van der Waals surface area contributed by atoms with Crippen LogP contribution in [0.5, 0.6) is 0 Å². The number of aliphatic hydroxyl groups is 2. The van der Waals surface area contributed by atoms with Gasteiger partial charge in [-0.15, -0.1) is 0 Å². The van der Waals surface area contributed by atoms with Crippen molar-refractivity contribution in [3.63, 3.8) is 0 Å². The zero-order chi connectivity index (χ0) is 48.4. The lowest BCUT2D eigenvalue weighted by atomic mass is 9.87. The fraction of sp³-hybridized carbons (Fsp3) is 0.784. The molecule has 3 rings (SSSR count). The number of aliphatic hydroxyl groups excluding tert-OH is 2. The monoisotopic (exact) mass is 1010 g/mol. The molecule has 0 aromatic carbocycles. The standard InChI is InChI=1S/C37H66N7O17P3S/c1-5-6-7-8-9-10-11-12-13-14-15-16-25(2)36(49)65-20-19-39-27(45)17-18-40-34(48)31(47)37(3,4)22-58-64(55,56)61-63(53,54)57-21-26-30(60-62(50,51)52)29(46)35(59-26)44-24-43-28-32(38)41-23-42-33(28)44/h23-26,29-31,35,46-47H,5-22H2,1-4H3,(H,39,45)(H,40,48)(H,53,54)(H,55,56)(H2,38,41,42)(H2,50,51,52)/t25-,26+,29+,30+,31-,35+/m0/s1. The molecule has 10 N–H and O–H groups in total. The molecule has 3 heterocycles. The first kappa shape index (κ1) is 56.9. The Balaban J connectivity index is 1.35. The lowest BCUT2D eigenvalue weighted by Crippen LogP contribution is -2.46. The third-order valence-electron chi connectivity index (χ3n) is 10.4. The van der Waals surface area contributed by atoms with Crippen LogP contribution in [0.15, 0.2) is 12.7 Å². The number of nitrogens with one attached hydrogen (secondary N) is 2. The second kappa shape index (κ2) is 26.9. The number of nitrogens with zero attached hydrogens (tertiary/aromatic N) is 4. The lowest BCUT2D eigenvalue weighted by Gasteiger charge is -2.30. The Morgan fingerprint density at radius 1 is 0.923 bits per heavy atom. The highest BCUT2D eigenvalue weighted by molar-refractivity contribution is 8.13. The van der Waals surface area contributed by atoms with E-state index in [2.05, 4.69) is 41.3 Å². The first-order chi connectivity index (χ1) is 30.5. The molecule has 1 aliphatic rings. The molecule has 28 heteroatoms. The molecule has 0 spiro atoms. The first-order valence-corrected chi connectivity index (χ1v) is 27.0. The third kappa shape index (κ3) is 20.0. The van der Waals surface area contributed by atoms with Gasteiger partial charge in [0.1, 0.15) is 36.3 Å². The summed E-state index contributed by atoms with van der Waals surface area (Å²) in [7, 11) is -16.4. The molecule has 372 valence electrons. The van der Waals surface area contributed by atoms with E-state index in [1.165, 1.54) is 71.6 Å². The SMILES string of the molecule is CCCCCCCCCCCCC[C@H](C)C(=O)SCCNC(=O)CCNC(=O)[C@H](O)C(C)(C)COP(=O)(O)OP(=O)(O)OC[C@H]1O[C@@H](n2cnc3c(N)ncnc32)[C@H](O)[C@@H]1OP(=O)(O)O. The van der Waals surface area contributed by atoms with Crippen molar-refractivity contribution in [2.45, 2.75) is 142 Å². The predicted molar refractivity (Wildman–Crippen MR) is 237 cm³/mol. The van der Waals surface area contributed by atoms with E-state index in [1.54, 1.807) is 0 Å². The number of nitrogens with two attached hydrogens (primary N) is 1. The van der Waals surface area contributed by atoms with E-state index >= 15 is 0 Å². The molecule has 2 aromatic heterocycles. The predicted octanol–water partition coefficient (Wildman–Crippen LogP) is 4.00. The van der Waals surface area contributed by atoms with Gasteiger partial charge in [0.2, 0.25) is 11.8 Å². The van der Waals surface area contributed by atoms with Gasteiger partial charge in [-0.25, -0.2) is 28.6 Å². The van der Waals surface area contributed by atoms with Gasteiger partial charge in [0.15, 0.2) is 22.8 Å². The van der Waals surface area contributed by atoms with Crippen molar-refractivity contribution >= 4 is 69.1 Å². The van der Waals surface area contributed by atoms with Gasteiger partial charge in [-0.3, -0.25) is 32.5 Å². The van der Waals surface area contributed by atoms with Crippen LogP contribution in [0.3, 0.4) is 0 Å². The molecule has 24 nitrogen and oxygen atoms in total. The average molecular weight is 1010 g/mol. The maximum Gasteiger partial charge on any atom is 0.481 e. The van der Waals surface area contributed by atoms with Gasteiger partial charge in [-0.2, -0.15) is 4.31 Å². The minimum Gasteiger partial charge on any atom is -0.386 e. The Morgan fingerprint density at radius 3 is 2.17 bits per heavy atom. The van der Waals surface area contributed by atoms with Crippen LogP contribution in [0.2, 0.25) is 0 Å². The molecule has 65 heavy (non-hydrogen) atoms. The number of carbonyl (C=O) groups is 3. The number of nitrogen functional groups attached to an aromatic ring is 1. The first-order valence-electron chi connectivity index (χ1n) is 21.5. The molecule has 1 fully saturated rings. The van der Waals surface area contributed by atoms with Gasteiger partial charge in [0, 0.05) is 36.6 Å². The van der Waals surface area contributed by atoms with Crippen LogP contribution < -0.4 is 16.4 Å². The summed E-state index contributed by atoms with van der Waals surface area (Å²) in [6.07, 6.45) is 7.57. The third-order valence-corrected chi connectivity index (χ3v) is 14.6. The summed E-state index contributed by atoms with van der Waals surface area (Å²) in [5.74, 6) is -1.11. The quantitative estimate of drug-likeness (QED) is 0.0369. The number of rotatable bonds is 32. The number of hydrogen-bond donors (Lipinski definition) is 9. The number of hydrogen-bond acceptors (Lipinski definition) is 18. The number of ether oxygens (including phenoxy) is 1. The van der Waals surface area contributed by atoms with Crippen molar-refractivity contribution in [3.8, 4) is 0 Å². The number of amides is 2. The molecule has 0 radical (unpaired) electrons. The fourth-order valence-electron chi connectivity index (χ4n) is 6.66. The van der Waals surface area contributed by atoms with Crippen LogP contribution in [0, 0.1) is 11.3 Å². The number of anilines is 1. The van der Waals surface area contributed by atoms with Gasteiger partial charge in [-0.05, 0) is 6.42 Å². The molecule has 2 aromatic rings. The van der Waals surface area contributed by atoms with E-state index in [1.807, 2.05) is 6.92 Å². The highest BCUT2D eigenvalue weighted by Crippen LogP contribution is 2.61. The zero-order valence-corrected chi connectivity index (χ0v) is 40.6. The number of aromatic nitrogens is 4. The number of phosphoric ester groups is 3. The summed E-state index contributed by atoms with van der Waals surface area (Å²) in [6, 6.07) is 0. The summed E-state index contributed by atoms with van der Waals surface area (Å²) < 4.78 is 62.4. The van der Waals surface area contributed by atoms with Crippen molar-refractivity contribution in [1.29, 1.82) is 0 Å². The molecule has 0 bridgehead atoms. The lowest BCUT2D eigenvalue weighted by molar-refractivity contribution is -0.137. The fourth-order valence-corrected chi connectivity index (χ4v) is 10.3. The van der Waals surface area contributed by atoms with Crippen LogP contribution in [0.1, 0.15) is 117 Å². The van der Waals surface area contributed by atoms with Crippen LogP contribution >= 0.6 is 35.2 Å². The van der Waals surface area contributed by atoms with E-state index < -0.39 is 84.6 Å². The Hall–Kier alpha value is -2.44. The van der Waals surface area contributed by atoms with Gasteiger partial charge in [0.05, 0.1) is 19.5 Å². The maximum absolute atomic E-state index is 12.7. The van der Waals surface area contributed by atoms with Crippen LogP contribution in [-0.4, -0.2) is 123 Å². The van der Waals surface area contributed by atoms with Crippen LogP contribution in [0.4, 0.5) is 5.82 Å². The van der Waals surface area contributed by atoms with Gasteiger partial charge >= 0.3 is 23.5 Å². The Kier molecular flexibility index (Phi) is 23.6. The topological polar surface area (TPSA) is 364 Å². The maximum atomic E-state index is 12.7. The van der Waals surface area contributed by atoms with E-state index in [0.29, 0.717) is 5.75 Å². The molecular formula is C37H66N7O17P3S. The molecule has 2 unspecified atom stereocenters. The van der Waals surface area contributed by atoms with E-state index in [9.17, 15) is 57.9 Å². The number of phosphoric acid groups is 3. The molecule has 0 aliphatic carbocycles. The highest BCUT2D eigenvalue weighted by atomic mass is 32.2. The molecule has 1 saturated heterocycles. The second-order valence-corrected chi connectivity index (χ2v) is 21.8. The zero-order valence-electron chi connectivity index (χ0n) is 37.1. The summed E-state index contributed by atoms with van der Waals surface area (Å²) >= 11 is 1.16. The number of thioether (sulfide) groups is 1. The van der Waals surface area contributed by atoms with E-state index in [4.69, 9.17) is 19.5 Å². The summed E-state index contributed by atoms with van der Waals surface area (Å²) in [5, 5.41) is 26.7. The average Bonchev–Trinajstić information content (AvgIpc) is 3.79. The van der Waals surface area contributed by atoms with Crippen molar-refractivity contribution < 1.29 is 80.5 Å². The van der Waals surface area contributed by atoms with Crippen molar-refractivity contribution in [2.75, 3.05) is 37.8 Å². The summed E-state index contributed by atoms with van der Waals surface area (Å²) in [6.45, 7) is 4.71. The minimum absolute atomic E-state index is 0.0334. The van der Waals surface area contributed by atoms with Gasteiger partial charge in [0.25, 0.3) is 0 Å². The number of unbranched alkanes of at least 4 members (excludes halogenated alkanes) is 10. The summed E-state index contributed by atoms with van der Waals surface area (Å²) in [5.41, 5.74) is 4.29. The summed E-state index contributed by atoms with van der Waals surface area (Å²) in [4.78, 5) is 88.7. The van der Waals surface area contributed by atoms with Gasteiger partial charge < -0.3 is 50.9 Å². The van der Waals surface area contributed by atoms with E-state index in [-0.39, 0.29) is 47.5 Å². The largest absolute Gasteiger partial charge is 0.481 e. The smallest absolute Gasteiger partial charge is 0.386 e.